The molecule has 4 N–H and O–H groups in total. The van der Waals surface area contributed by atoms with Gasteiger partial charge in [0.15, 0.2) is 0 Å². The largest absolute Gasteiger partial charge is 0.396 e. The molecule has 0 atom stereocenters. The van der Waals surface area contributed by atoms with Crippen LogP contribution in [0.25, 0.3) is 0 Å². The van der Waals surface area contributed by atoms with Crippen molar-refractivity contribution in [2.75, 3.05) is 11.5 Å². The van der Waals surface area contributed by atoms with Gasteiger partial charge in [-0.25, -0.2) is 0 Å². The monoisotopic (exact) mass is 274 g/mol. The molecule has 0 amide bonds. The zero-order valence-electron chi connectivity index (χ0n) is 4.53. The van der Waals surface area contributed by atoms with Crippen LogP contribution in [-0.2, 0) is 0 Å². The molecule has 5 heteroatoms. The summed E-state index contributed by atoms with van der Waals surface area (Å²) >= 11 is 1.46. The molecule has 1 aromatic heterocycles. The van der Waals surface area contributed by atoms with Gasteiger partial charge in [-0.05, 0) is 11.4 Å². The molecular formula is C4H8Br2N2S. The molecule has 0 unspecified atom stereocenters. The number of hydrogen-bond donors (Lipinski definition) is 2. The van der Waals surface area contributed by atoms with E-state index in [9.17, 15) is 0 Å². The van der Waals surface area contributed by atoms with E-state index in [1.54, 1.807) is 6.07 Å². The zero-order chi connectivity index (χ0) is 5.28. The lowest BCUT2D eigenvalue weighted by Gasteiger charge is -1.81. The van der Waals surface area contributed by atoms with Crippen molar-refractivity contribution >= 4 is 56.0 Å². The second-order valence-corrected chi connectivity index (χ2v) is 2.19. The maximum atomic E-state index is 5.33. The van der Waals surface area contributed by atoms with Crippen molar-refractivity contribution in [1.82, 2.24) is 0 Å². The second kappa shape index (κ2) is 5.08. The standard InChI is InChI=1S/C4H6N2S.2BrH/c5-3-1-2-7-4(3)6;;/h1-2H,5-6H2;2*1H. The molecule has 9 heavy (non-hydrogen) atoms. The van der Waals surface area contributed by atoms with Gasteiger partial charge in [0.1, 0.15) is 5.00 Å². The highest BCUT2D eigenvalue weighted by Gasteiger charge is 1.88. The fourth-order valence-electron chi connectivity index (χ4n) is 0.331. The predicted octanol–water partition coefficient (Wildman–Crippen LogP) is 2.07. The van der Waals surface area contributed by atoms with E-state index in [1.807, 2.05) is 5.38 Å². The van der Waals surface area contributed by atoms with Crippen LogP contribution in [0.4, 0.5) is 10.7 Å². The second-order valence-electron chi connectivity index (χ2n) is 1.24. The average Bonchev–Trinajstić information content (AvgIpc) is 1.91. The molecule has 0 aliphatic heterocycles. The average molecular weight is 276 g/mol. The van der Waals surface area contributed by atoms with Gasteiger partial charge in [0, 0.05) is 0 Å². The molecule has 0 bridgehead atoms. The number of anilines is 2. The van der Waals surface area contributed by atoms with Gasteiger partial charge in [-0.3, -0.25) is 0 Å². The van der Waals surface area contributed by atoms with Gasteiger partial charge < -0.3 is 11.5 Å². The lowest BCUT2D eigenvalue weighted by Crippen LogP contribution is -1.86. The van der Waals surface area contributed by atoms with Crippen molar-refractivity contribution in [3.63, 3.8) is 0 Å². The highest BCUT2D eigenvalue weighted by Crippen LogP contribution is 2.19. The Balaban J connectivity index is 0. The van der Waals surface area contributed by atoms with Crippen LogP contribution in [0.2, 0.25) is 0 Å². The van der Waals surface area contributed by atoms with Gasteiger partial charge in [0.2, 0.25) is 0 Å². The number of nitrogens with two attached hydrogens (primary N) is 2. The Morgan fingerprint density at radius 1 is 1.22 bits per heavy atom. The van der Waals surface area contributed by atoms with Gasteiger partial charge in [-0.15, -0.1) is 45.3 Å². The van der Waals surface area contributed by atoms with E-state index in [4.69, 9.17) is 11.5 Å². The SMILES string of the molecule is Br.Br.Nc1ccsc1N. The maximum absolute atomic E-state index is 5.33. The van der Waals surface area contributed by atoms with Crippen molar-refractivity contribution < 1.29 is 0 Å². The fourth-order valence-corrected chi connectivity index (χ4v) is 0.896. The van der Waals surface area contributed by atoms with Crippen LogP contribution < -0.4 is 11.5 Å². The first-order valence-electron chi connectivity index (χ1n) is 1.89. The first-order valence-corrected chi connectivity index (χ1v) is 2.77. The molecule has 0 saturated heterocycles. The number of nitrogen functional groups attached to an aromatic ring is 2. The summed E-state index contributed by atoms with van der Waals surface area (Å²) in [5.74, 6) is 0. The summed E-state index contributed by atoms with van der Waals surface area (Å²) in [5, 5.41) is 2.57. The van der Waals surface area contributed by atoms with Crippen molar-refractivity contribution in [2.24, 2.45) is 0 Å². The van der Waals surface area contributed by atoms with Crippen LogP contribution in [0.1, 0.15) is 0 Å². The topological polar surface area (TPSA) is 52.0 Å². The van der Waals surface area contributed by atoms with Gasteiger partial charge in [-0.2, -0.15) is 0 Å². The Bertz CT molecular complexity index is 149. The van der Waals surface area contributed by atoms with Crippen LogP contribution in [0.5, 0.6) is 0 Å². The van der Waals surface area contributed by atoms with Gasteiger partial charge in [-0.1, -0.05) is 0 Å². The first-order chi connectivity index (χ1) is 3.30. The third-order valence-corrected chi connectivity index (χ3v) is 1.49. The molecular weight excluding hydrogens is 268 g/mol. The van der Waals surface area contributed by atoms with Gasteiger partial charge >= 0.3 is 0 Å². The summed E-state index contributed by atoms with van der Waals surface area (Å²) in [5.41, 5.74) is 11.3. The summed E-state index contributed by atoms with van der Waals surface area (Å²) in [6.07, 6.45) is 0. The Kier molecular flexibility index (Phi) is 6.76. The lowest BCUT2D eigenvalue weighted by molar-refractivity contribution is 1.85. The quantitative estimate of drug-likeness (QED) is 0.762. The molecule has 1 rings (SSSR count). The van der Waals surface area contributed by atoms with E-state index in [0.29, 0.717) is 10.7 Å². The van der Waals surface area contributed by atoms with E-state index in [2.05, 4.69) is 0 Å². The normalized spacial score (nSPS) is 7.11. The first kappa shape index (κ1) is 12.0. The molecule has 54 valence electrons. The minimum absolute atomic E-state index is 0. The number of halogens is 2. The molecule has 0 saturated carbocycles. The van der Waals surface area contributed by atoms with E-state index in [0.717, 1.165) is 0 Å². The molecule has 0 spiro atoms. The number of thiophene rings is 1. The van der Waals surface area contributed by atoms with Crippen molar-refractivity contribution in [2.45, 2.75) is 0 Å². The van der Waals surface area contributed by atoms with Crippen molar-refractivity contribution in [3.05, 3.63) is 11.4 Å². The third-order valence-electron chi connectivity index (χ3n) is 0.727. The highest BCUT2D eigenvalue weighted by molar-refractivity contribution is 8.93. The highest BCUT2D eigenvalue weighted by atomic mass is 79.9. The van der Waals surface area contributed by atoms with E-state index >= 15 is 0 Å². The van der Waals surface area contributed by atoms with Crippen LogP contribution >= 0.6 is 45.3 Å². The molecule has 0 aliphatic carbocycles. The van der Waals surface area contributed by atoms with Crippen LogP contribution in [0, 0.1) is 0 Å². The summed E-state index contributed by atoms with van der Waals surface area (Å²) in [6, 6.07) is 1.79. The molecule has 0 aromatic carbocycles. The van der Waals surface area contributed by atoms with Crippen molar-refractivity contribution in [3.8, 4) is 0 Å². The smallest absolute Gasteiger partial charge is 0.109 e. The molecule has 0 radical (unpaired) electrons. The van der Waals surface area contributed by atoms with Crippen LogP contribution in [0.15, 0.2) is 11.4 Å². The molecule has 0 aliphatic rings. The number of hydrogen-bond acceptors (Lipinski definition) is 3. The van der Waals surface area contributed by atoms with E-state index < -0.39 is 0 Å². The summed E-state index contributed by atoms with van der Waals surface area (Å²) in [6.45, 7) is 0. The van der Waals surface area contributed by atoms with Crippen molar-refractivity contribution in [1.29, 1.82) is 0 Å². The predicted molar refractivity (Wildman–Crippen MR) is 53.8 cm³/mol. The maximum Gasteiger partial charge on any atom is 0.109 e. The summed E-state index contributed by atoms with van der Waals surface area (Å²) in [7, 11) is 0. The van der Waals surface area contributed by atoms with Crippen LogP contribution in [0.3, 0.4) is 0 Å². The Morgan fingerprint density at radius 3 is 1.89 bits per heavy atom. The Hall–Kier alpha value is 0.260. The third kappa shape index (κ3) is 3.07. The number of rotatable bonds is 0. The Morgan fingerprint density at radius 2 is 1.78 bits per heavy atom. The summed E-state index contributed by atoms with van der Waals surface area (Å²) in [4.78, 5) is 0. The van der Waals surface area contributed by atoms with Gasteiger partial charge in [0.05, 0.1) is 5.69 Å². The lowest BCUT2D eigenvalue weighted by atomic mass is 10.5. The van der Waals surface area contributed by atoms with E-state index in [-0.39, 0.29) is 34.0 Å². The summed E-state index contributed by atoms with van der Waals surface area (Å²) < 4.78 is 0. The zero-order valence-corrected chi connectivity index (χ0v) is 8.78. The van der Waals surface area contributed by atoms with Crippen LogP contribution in [-0.4, -0.2) is 0 Å². The molecule has 1 heterocycles. The minimum Gasteiger partial charge on any atom is -0.396 e. The minimum atomic E-state index is 0. The Labute approximate surface area is 78.8 Å². The molecule has 2 nitrogen and oxygen atoms in total. The molecule has 0 fully saturated rings. The fraction of sp³-hybridized carbons (Fsp3) is 0. The van der Waals surface area contributed by atoms with Gasteiger partial charge in [0.25, 0.3) is 0 Å². The molecule has 1 aromatic rings. The van der Waals surface area contributed by atoms with E-state index in [1.165, 1.54) is 11.3 Å².